The first-order valence-corrected chi connectivity index (χ1v) is 9.71. The van der Waals surface area contributed by atoms with E-state index < -0.39 is 29.8 Å². The number of carboxylic acid groups (broad SMARTS) is 1. The maximum Gasteiger partial charge on any atom is 0.410 e. The fourth-order valence-corrected chi connectivity index (χ4v) is 2.60. The molecule has 0 aliphatic heterocycles. The number of aliphatic carboxylic acids is 1. The highest BCUT2D eigenvalue weighted by Crippen LogP contribution is 2.16. The Bertz CT molecular complexity index is 704. The number of nitrogens with zero attached hydrogens (tertiary/aromatic N) is 1. The number of hydrogen-bond acceptors (Lipinski definition) is 5. The van der Waals surface area contributed by atoms with Crippen LogP contribution in [0.4, 0.5) is 9.59 Å². The maximum absolute atomic E-state index is 12.1. The number of rotatable bonds is 9. The van der Waals surface area contributed by atoms with E-state index in [9.17, 15) is 19.5 Å². The van der Waals surface area contributed by atoms with Crippen molar-refractivity contribution < 1.29 is 29.0 Å². The zero-order valence-electron chi connectivity index (χ0n) is 17.2. The molecule has 0 spiro atoms. The number of likely N-dealkylation sites (N-methyl/N-ethyl adjacent to an activating group) is 1. The van der Waals surface area contributed by atoms with E-state index in [4.69, 9.17) is 21.1 Å². The van der Waals surface area contributed by atoms with Gasteiger partial charge in [0, 0.05) is 24.2 Å². The average molecular weight is 429 g/mol. The highest BCUT2D eigenvalue weighted by Gasteiger charge is 2.29. The fraction of sp³-hybridized carbons (Fsp3) is 0.550. The van der Waals surface area contributed by atoms with Crippen LogP contribution in [0, 0.1) is 0 Å². The second-order valence-corrected chi connectivity index (χ2v) is 7.94. The number of carboxylic acids is 1. The van der Waals surface area contributed by atoms with E-state index in [1.807, 2.05) is 0 Å². The molecule has 2 N–H and O–H groups in total. The Kier molecular flexibility index (Phi) is 9.74. The van der Waals surface area contributed by atoms with Crippen molar-refractivity contribution in [1.82, 2.24) is 10.2 Å². The van der Waals surface area contributed by atoms with E-state index in [1.54, 1.807) is 45.0 Å². The molecule has 162 valence electrons. The van der Waals surface area contributed by atoms with Gasteiger partial charge >= 0.3 is 18.2 Å². The zero-order valence-corrected chi connectivity index (χ0v) is 18.0. The first-order chi connectivity index (χ1) is 13.5. The minimum atomic E-state index is -1.11. The highest BCUT2D eigenvalue weighted by atomic mass is 35.5. The van der Waals surface area contributed by atoms with Crippen LogP contribution >= 0.6 is 11.6 Å². The molecule has 9 heteroatoms. The molecular weight excluding hydrogens is 400 g/mol. The number of nitrogens with one attached hydrogen (secondary N) is 1. The summed E-state index contributed by atoms with van der Waals surface area (Å²) in [4.78, 5) is 36.3. The van der Waals surface area contributed by atoms with Gasteiger partial charge in [-0.1, -0.05) is 29.8 Å². The molecule has 2 amide bonds. The molecule has 0 bridgehead atoms. The molecule has 0 radical (unpaired) electrons. The third-order valence-electron chi connectivity index (χ3n) is 3.92. The van der Waals surface area contributed by atoms with E-state index in [0.717, 1.165) is 4.90 Å². The molecule has 29 heavy (non-hydrogen) atoms. The topological polar surface area (TPSA) is 105 Å². The van der Waals surface area contributed by atoms with E-state index >= 15 is 0 Å². The van der Waals surface area contributed by atoms with Gasteiger partial charge in [0.2, 0.25) is 0 Å². The first-order valence-electron chi connectivity index (χ1n) is 9.34. The number of alkyl carbamates (subject to hydrolysis) is 1. The summed E-state index contributed by atoms with van der Waals surface area (Å²) in [5.41, 5.74) is 0.00152. The van der Waals surface area contributed by atoms with Crippen molar-refractivity contribution in [2.24, 2.45) is 0 Å². The molecular formula is C20H29ClN2O6. The van der Waals surface area contributed by atoms with Gasteiger partial charge in [-0.25, -0.2) is 14.4 Å². The summed E-state index contributed by atoms with van der Waals surface area (Å²) >= 11 is 5.99. The summed E-state index contributed by atoms with van der Waals surface area (Å²) in [5, 5.41) is 12.5. The van der Waals surface area contributed by atoms with Crippen LogP contribution in [0.1, 0.15) is 45.6 Å². The molecule has 0 unspecified atom stereocenters. The van der Waals surface area contributed by atoms with Crippen molar-refractivity contribution in [1.29, 1.82) is 0 Å². The molecule has 0 aliphatic rings. The van der Waals surface area contributed by atoms with Crippen LogP contribution in [0.2, 0.25) is 5.02 Å². The summed E-state index contributed by atoms with van der Waals surface area (Å²) in [6, 6.07) is 6.07. The molecule has 0 aromatic heterocycles. The van der Waals surface area contributed by atoms with Gasteiger partial charge in [0.1, 0.15) is 18.2 Å². The molecule has 1 aromatic carbocycles. The Morgan fingerprint density at radius 1 is 1.21 bits per heavy atom. The summed E-state index contributed by atoms with van der Waals surface area (Å²) < 4.78 is 10.3. The Morgan fingerprint density at radius 2 is 1.86 bits per heavy atom. The summed E-state index contributed by atoms with van der Waals surface area (Å²) in [6.07, 6.45) is 0.000423. The summed E-state index contributed by atoms with van der Waals surface area (Å²) in [6.45, 7) is 5.53. The number of carbonyl (C=O) groups is 3. The number of carbonyl (C=O) groups excluding carboxylic acids is 2. The van der Waals surface area contributed by atoms with E-state index in [-0.39, 0.29) is 13.0 Å². The van der Waals surface area contributed by atoms with Gasteiger partial charge in [0.25, 0.3) is 0 Å². The van der Waals surface area contributed by atoms with E-state index in [1.165, 1.54) is 7.05 Å². The van der Waals surface area contributed by atoms with Crippen LogP contribution in [0.25, 0.3) is 0 Å². The minimum Gasteiger partial charge on any atom is -0.480 e. The SMILES string of the molecule is CN(C(=O)OC(C)(C)C)[C@H](CCCCNC(=O)OCc1ccccc1Cl)C(=O)O. The Balaban J connectivity index is 2.33. The minimum absolute atomic E-state index is 0.0628. The molecule has 0 aliphatic carbocycles. The fourth-order valence-electron chi connectivity index (χ4n) is 2.41. The normalized spacial score (nSPS) is 12.0. The number of benzene rings is 1. The van der Waals surface area contributed by atoms with Gasteiger partial charge in [0.05, 0.1) is 0 Å². The number of amides is 2. The third kappa shape index (κ3) is 9.51. The third-order valence-corrected chi connectivity index (χ3v) is 4.29. The second-order valence-electron chi connectivity index (χ2n) is 7.54. The Hall–Kier alpha value is -2.48. The second kappa shape index (κ2) is 11.5. The highest BCUT2D eigenvalue weighted by molar-refractivity contribution is 6.31. The number of ether oxygens (including phenoxy) is 2. The molecule has 0 saturated carbocycles. The molecule has 8 nitrogen and oxygen atoms in total. The lowest BCUT2D eigenvalue weighted by atomic mass is 10.1. The lowest BCUT2D eigenvalue weighted by Gasteiger charge is -2.28. The van der Waals surface area contributed by atoms with Crippen LogP contribution in [0.3, 0.4) is 0 Å². The zero-order chi connectivity index (χ0) is 22.0. The van der Waals surface area contributed by atoms with Crippen molar-refractivity contribution in [3.63, 3.8) is 0 Å². The summed E-state index contributed by atoms with van der Waals surface area (Å²) in [5.74, 6) is -1.11. The lowest BCUT2D eigenvalue weighted by molar-refractivity contribution is -0.143. The van der Waals surface area contributed by atoms with Crippen molar-refractivity contribution in [3.05, 3.63) is 34.9 Å². The van der Waals surface area contributed by atoms with E-state index in [2.05, 4.69) is 5.32 Å². The molecule has 0 heterocycles. The van der Waals surface area contributed by atoms with Gasteiger partial charge in [-0.05, 0) is 46.1 Å². The smallest absolute Gasteiger partial charge is 0.410 e. The van der Waals surface area contributed by atoms with Crippen molar-refractivity contribution in [2.75, 3.05) is 13.6 Å². The molecule has 1 atom stereocenters. The van der Waals surface area contributed by atoms with Crippen molar-refractivity contribution in [2.45, 2.75) is 58.3 Å². The predicted octanol–water partition coefficient (Wildman–Crippen LogP) is 4.06. The van der Waals surface area contributed by atoms with E-state index in [0.29, 0.717) is 30.0 Å². The molecule has 1 aromatic rings. The first kappa shape index (κ1) is 24.6. The van der Waals surface area contributed by atoms with Crippen LogP contribution < -0.4 is 5.32 Å². The van der Waals surface area contributed by atoms with Gasteiger partial charge < -0.3 is 19.9 Å². The number of unbranched alkanes of at least 4 members (excludes halogenated alkanes) is 1. The molecule has 0 fully saturated rings. The van der Waals surface area contributed by atoms with Crippen LogP contribution in [0.15, 0.2) is 24.3 Å². The Morgan fingerprint density at radius 3 is 2.45 bits per heavy atom. The average Bonchev–Trinajstić information content (AvgIpc) is 2.61. The van der Waals surface area contributed by atoms with Gasteiger partial charge in [-0.3, -0.25) is 4.90 Å². The number of halogens is 1. The van der Waals surface area contributed by atoms with Crippen LogP contribution in [-0.4, -0.2) is 53.4 Å². The number of hydrogen-bond donors (Lipinski definition) is 2. The summed E-state index contributed by atoms with van der Waals surface area (Å²) in [7, 11) is 1.40. The van der Waals surface area contributed by atoms with Gasteiger partial charge in [0.15, 0.2) is 0 Å². The molecule has 0 saturated heterocycles. The van der Waals surface area contributed by atoms with Gasteiger partial charge in [-0.15, -0.1) is 0 Å². The maximum atomic E-state index is 12.1. The monoisotopic (exact) mass is 428 g/mol. The molecule has 1 rings (SSSR count). The van der Waals surface area contributed by atoms with Crippen molar-refractivity contribution >= 4 is 29.8 Å². The largest absolute Gasteiger partial charge is 0.480 e. The standard InChI is InChI=1S/C20H29ClN2O6/c1-20(2,3)29-19(27)23(4)16(17(24)25)11-7-8-12-22-18(26)28-13-14-9-5-6-10-15(14)21/h5-6,9-10,16H,7-8,11-13H2,1-4H3,(H,22,26)(H,24,25)/t16-/m1/s1. The van der Waals surface area contributed by atoms with Crippen LogP contribution in [-0.2, 0) is 20.9 Å². The quantitative estimate of drug-likeness (QED) is 0.574. The predicted molar refractivity (Wildman–Crippen MR) is 109 cm³/mol. The van der Waals surface area contributed by atoms with Gasteiger partial charge in [-0.2, -0.15) is 0 Å². The Labute approximate surface area is 176 Å². The van der Waals surface area contributed by atoms with Crippen LogP contribution in [0.5, 0.6) is 0 Å². The van der Waals surface area contributed by atoms with Crippen molar-refractivity contribution in [3.8, 4) is 0 Å². The lowest BCUT2D eigenvalue weighted by Crippen LogP contribution is -2.44.